The third-order valence-corrected chi connectivity index (χ3v) is 3.47. The van der Waals surface area contributed by atoms with Crippen molar-refractivity contribution in [2.45, 2.75) is 71.6 Å². The second-order valence-electron chi connectivity index (χ2n) is 6.17. The predicted molar refractivity (Wildman–Crippen MR) is 80.0 cm³/mol. The first-order valence-corrected chi connectivity index (χ1v) is 8.06. The van der Waals surface area contributed by atoms with Crippen LogP contribution in [0.2, 0.25) is 0 Å². The van der Waals surface area contributed by atoms with E-state index in [0.29, 0.717) is 6.42 Å². The summed E-state index contributed by atoms with van der Waals surface area (Å²) in [6.45, 7) is 2.70. The Bertz CT molecular complexity index is 398. The Morgan fingerprint density at radius 3 is 1.96 bits per heavy atom. The zero-order valence-corrected chi connectivity index (χ0v) is 14.4. The molecule has 0 saturated carbocycles. The van der Waals surface area contributed by atoms with E-state index in [1.807, 2.05) is 0 Å². The normalized spacial score (nSPS) is 12.3. The van der Waals surface area contributed by atoms with Gasteiger partial charge < -0.3 is 9.47 Å². The predicted octanol–water partition coefficient (Wildman–Crippen LogP) is 4.36. The standard InChI is InChI=1S/C16H26F4O4/c1-4-5-6-7-8-9-10-23-13(21)15(2,3)14(22)24-11-16(19,20)12(17)18/h12H,4-11H2,1-3H3. The van der Waals surface area contributed by atoms with Gasteiger partial charge in [0.25, 0.3) is 0 Å². The molecular formula is C16H26F4O4. The molecule has 0 atom stereocenters. The number of carbonyl (C=O) groups excluding carboxylic acids is 2. The molecule has 142 valence electrons. The number of hydrogen-bond donors (Lipinski definition) is 0. The first kappa shape index (κ1) is 22.7. The fourth-order valence-electron chi connectivity index (χ4n) is 1.72. The first-order chi connectivity index (χ1) is 11.1. The van der Waals surface area contributed by atoms with Gasteiger partial charge in [-0.3, -0.25) is 9.59 Å². The molecule has 0 N–H and O–H groups in total. The minimum Gasteiger partial charge on any atom is -0.465 e. The Hall–Kier alpha value is -1.34. The van der Waals surface area contributed by atoms with Crippen LogP contribution in [0.4, 0.5) is 17.6 Å². The summed E-state index contributed by atoms with van der Waals surface area (Å²) in [5.41, 5.74) is -1.83. The summed E-state index contributed by atoms with van der Waals surface area (Å²) in [7, 11) is 0. The van der Waals surface area contributed by atoms with Gasteiger partial charge in [0.2, 0.25) is 0 Å². The van der Waals surface area contributed by atoms with Gasteiger partial charge in [-0.2, -0.15) is 8.78 Å². The molecule has 4 nitrogen and oxygen atoms in total. The highest BCUT2D eigenvalue weighted by Gasteiger charge is 2.45. The van der Waals surface area contributed by atoms with E-state index in [9.17, 15) is 27.2 Å². The number of unbranched alkanes of at least 4 members (excludes halogenated alkanes) is 5. The number of hydrogen-bond acceptors (Lipinski definition) is 4. The zero-order chi connectivity index (χ0) is 18.8. The second-order valence-corrected chi connectivity index (χ2v) is 6.17. The van der Waals surface area contributed by atoms with Gasteiger partial charge in [-0.25, -0.2) is 8.78 Å². The Balaban J connectivity index is 4.19. The average molecular weight is 358 g/mol. The summed E-state index contributed by atoms with van der Waals surface area (Å²) in [6.07, 6.45) is 1.92. The molecular weight excluding hydrogens is 332 g/mol. The number of carbonyl (C=O) groups is 2. The number of rotatable bonds is 12. The molecule has 0 aliphatic heterocycles. The van der Waals surface area contributed by atoms with Crippen LogP contribution in [0.5, 0.6) is 0 Å². The molecule has 0 aliphatic rings. The molecule has 0 radical (unpaired) electrons. The smallest absolute Gasteiger partial charge is 0.340 e. The average Bonchev–Trinajstić information content (AvgIpc) is 2.51. The van der Waals surface area contributed by atoms with Crippen LogP contribution in [-0.4, -0.2) is 37.5 Å². The number of ether oxygens (including phenoxy) is 2. The largest absolute Gasteiger partial charge is 0.465 e. The van der Waals surface area contributed by atoms with E-state index >= 15 is 0 Å². The van der Waals surface area contributed by atoms with Gasteiger partial charge in [-0.1, -0.05) is 39.0 Å². The quantitative estimate of drug-likeness (QED) is 0.225. The third-order valence-electron chi connectivity index (χ3n) is 3.47. The van der Waals surface area contributed by atoms with E-state index in [1.165, 1.54) is 0 Å². The molecule has 0 heterocycles. The van der Waals surface area contributed by atoms with Gasteiger partial charge in [0.1, 0.15) is 0 Å². The monoisotopic (exact) mass is 358 g/mol. The van der Waals surface area contributed by atoms with Gasteiger partial charge >= 0.3 is 24.3 Å². The lowest BCUT2D eigenvalue weighted by Gasteiger charge is -2.22. The van der Waals surface area contributed by atoms with Gasteiger partial charge in [0.05, 0.1) is 6.61 Å². The summed E-state index contributed by atoms with van der Waals surface area (Å²) in [5.74, 6) is -6.70. The minimum absolute atomic E-state index is 0.106. The molecule has 0 aromatic rings. The molecule has 0 aliphatic carbocycles. The second kappa shape index (κ2) is 10.5. The summed E-state index contributed by atoms with van der Waals surface area (Å²) in [6, 6.07) is 0. The Morgan fingerprint density at radius 2 is 1.42 bits per heavy atom. The van der Waals surface area contributed by atoms with Crippen LogP contribution in [0.15, 0.2) is 0 Å². The van der Waals surface area contributed by atoms with Crippen molar-refractivity contribution < 1.29 is 36.6 Å². The highest BCUT2D eigenvalue weighted by molar-refractivity contribution is 5.99. The van der Waals surface area contributed by atoms with Crippen molar-refractivity contribution in [2.24, 2.45) is 5.41 Å². The molecule has 0 unspecified atom stereocenters. The molecule has 0 fully saturated rings. The van der Waals surface area contributed by atoms with E-state index in [4.69, 9.17) is 4.74 Å². The van der Waals surface area contributed by atoms with Crippen molar-refractivity contribution in [3.63, 3.8) is 0 Å². The zero-order valence-electron chi connectivity index (χ0n) is 14.4. The molecule has 0 saturated heterocycles. The van der Waals surface area contributed by atoms with Crippen molar-refractivity contribution >= 4 is 11.9 Å². The maximum Gasteiger partial charge on any atom is 0.340 e. The summed E-state index contributed by atoms with van der Waals surface area (Å²) in [5, 5.41) is 0. The van der Waals surface area contributed by atoms with E-state index < -0.39 is 36.3 Å². The molecule has 0 rings (SSSR count). The lowest BCUT2D eigenvalue weighted by Crippen LogP contribution is -2.40. The van der Waals surface area contributed by atoms with Gasteiger partial charge in [0, 0.05) is 0 Å². The minimum atomic E-state index is -4.45. The summed E-state index contributed by atoms with van der Waals surface area (Å²) in [4.78, 5) is 23.5. The Morgan fingerprint density at radius 1 is 0.917 bits per heavy atom. The maximum atomic E-state index is 12.7. The van der Waals surface area contributed by atoms with Crippen LogP contribution in [0.3, 0.4) is 0 Å². The molecule has 0 aromatic carbocycles. The van der Waals surface area contributed by atoms with Crippen molar-refractivity contribution in [1.82, 2.24) is 0 Å². The number of halogens is 4. The molecule has 0 bridgehead atoms. The van der Waals surface area contributed by atoms with E-state index in [0.717, 1.165) is 46.0 Å². The molecule has 0 amide bonds. The van der Waals surface area contributed by atoms with Crippen LogP contribution < -0.4 is 0 Å². The van der Waals surface area contributed by atoms with E-state index in [2.05, 4.69) is 11.7 Å². The number of esters is 2. The highest BCUT2D eigenvalue weighted by Crippen LogP contribution is 2.26. The first-order valence-electron chi connectivity index (χ1n) is 8.06. The molecule has 0 aromatic heterocycles. The van der Waals surface area contributed by atoms with Crippen LogP contribution in [-0.2, 0) is 19.1 Å². The molecule has 24 heavy (non-hydrogen) atoms. The van der Waals surface area contributed by atoms with Crippen LogP contribution >= 0.6 is 0 Å². The van der Waals surface area contributed by atoms with Gasteiger partial charge in [0.15, 0.2) is 12.0 Å². The summed E-state index contributed by atoms with van der Waals surface area (Å²) < 4.78 is 58.6. The van der Waals surface area contributed by atoms with Crippen molar-refractivity contribution in [1.29, 1.82) is 0 Å². The number of alkyl halides is 4. The molecule has 8 heteroatoms. The van der Waals surface area contributed by atoms with Crippen molar-refractivity contribution in [3.8, 4) is 0 Å². The van der Waals surface area contributed by atoms with Gasteiger partial charge in [-0.05, 0) is 20.3 Å². The Labute approximate surface area is 139 Å². The lowest BCUT2D eigenvalue weighted by atomic mass is 9.94. The SMILES string of the molecule is CCCCCCCCOC(=O)C(C)(C)C(=O)OCC(F)(F)C(F)F. The fraction of sp³-hybridized carbons (Fsp3) is 0.875. The Kier molecular flexibility index (Phi) is 9.92. The lowest BCUT2D eigenvalue weighted by molar-refractivity contribution is -0.190. The van der Waals surface area contributed by atoms with E-state index in [-0.39, 0.29) is 6.61 Å². The van der Waals surface area contributed by atoms with Crippen LogP contribution in [0.25, 0.3) is 0 Å². The van der Waals surface area contributed by atoms with Crippen molar-refractivity contribution in [3.05, 3.63) is 0 Å². The molecule has 0 spiro atoms. The van der Waals surface area contributed by atoms with E-state index in [1.54, 1.807) is 0 Å². The third kappa shape index (κ3) is 7.97. The summed E-state index contributed by atoms with van der Waals surface area (Å²) >= 11 is 0. The maximum absolute atomic E-state index is 12.7. The fourth-order valence-corrected chi connectivity index (χ4v) is 1.72. The van der Waals surface area contributed by atoms with Gasteiger partial charge in [-0.15, -0.1) is 0 Å². The topological polar surface area (TPSA) is 52.6 Å². The van der Waals surface area contributed by atoms with Crippen LogP contribution in [0, 0.1) is 5.41 Å². The van der Waals surface area contributed by atoms with Crippen molar-refractivity contribution in [2.75, 3.05) is 13.2 Å². The highest BCUT2D eigenvalue weighted by atomic mass is 19.3. The van der Waals surface area contributed by atoms with Crippen LogP contribution in [0.1, 0.15) is 59.3 Å².